The van der Waals surface area contributed by atoms with Gasteiger partial charge in [-0.15, -0.1) is 0 Å². The van der Waals surface area contributed by atoms with Crippen LogP contribution >= 0.6 is 0 Å². The average molecular weight is 428 g/mol. The molecule has 0 saturated heterocycles. The molecule has 0 aliphatic rings. The quantitative estimate of drug-likeness (QED) is 0.367. The van der Waals surface area contributed by atoms with Gasteiger partial charge in [-0.25, -0.2) is 18.7 Å². The van der Waals surface area contributed by atoms with E-state index in [1.54, 1.807) is 24.3 Å². The number of aromatic hydroxyl groups is 1. The second-order valence-electron chi connectivity index (χ2n) is 7.39. The molecular weight excluding hydrogens is 410 g/mol. The number of aromatic nitrogens is 3. The number of benzene rings is 3. The van der Waals surface area contributed by atoms with Gasteiger partial charge in [0.1, 0.15) is 35.2 Å². The van der Waals surface area contributed by atoms with E-state index in [1.165, 1.54) is 18.5 Å². The normalized spacial score (nSPS) is 11.1. The van der Waals surface area contributed by atoms with Crippen LogP contribution in [0.4, 0.5) is 20.3 Å². The van der Waals surface area contributed by atoms with E-state index in [0.717, 1.165) is 28.4 Å². The number of para-hydroxylation sites is 1. The summed E-state index contributed by atoms with van der Waals surface area (Å²) in [5.41, 5.74) is 3.56. The van der Waals surface area contributed by atoms with E-state index in [4.69, 9.17) is 0 Å². The second kappa shape index (κ2) is 8.11. The fourth-order valence-electron chi connectivity index (χ4n) is 3.74. The van der Waals surface area contributed by atoms with Crippen LogP contribution in [0.1, 0.15) is 5.56 Å². The van der Waals surface area contributed by atoms with Crippen LogP contribution in [0.3, 0.4) is 0 Å². The number of fused-ring (bicyclic) bond motifs is 1. The molecule has 0 fully saturated rings. The van der Waals surface area contributed by atoms with Crippen molar-refractivity contribution >= 4 is 22.5 Å². The summed E-state index contributed by atoms with van der Waals surface area (Å²) in [7, 11) is 0. The average Bonchev–Trinajstić information content (AvgIpc) is 3.14. The fraction of sp³-hybridized carbons (Fsp3) is 0.0400. The van der Waals surface area contributed by atoms with Gasteiger partial charge in [0.15, 0.2) is 0 Å². The van der Waals surface area contributed by atoms with E-state index in [-0.39, 0.29) is 12.3 Å². The lowest BCUT2D eigenvalue weighted by Gasteiger charge is -2.12. The predicted octanol–water partition coefficient (Wildman–Crippen LogP) is 5.87. The molecule has 3 aromatic carbocycles. The molecule has 0 bridgehead atoms. The van der Waals surface area contributed by atoms with Crippen molar-refractivity contribution in [1.82, 2.24) is 14.5 Å². The Bertz CT molecular complexity index is 1380. The zero-order chi connectivity index (χ0) is 22.1. The van der Waals surface area contributed by atoms with E-state index in [0.29, 0.717) is 17.0 Å². The monoisotopic (exact) mass is 428 g/mol. The number of halogens is 2. The zero-order valence-electron chi connectivity index (χ0n) is 16.8. The molecule has 0 atom stereocenters. The Morgan fingerprint density at radius 2 is 1.56 bits per heavy atom. The maximum absolute atomic E-state index is 13.8. The van der Waals surface area contributed by atoms with Crippen LogP contribution < -0.4 is 5.32 Å². The Morgan fingerprint density at radius 1 is 0.844 bits per heavy atom. The van der Waals surface area contributed by atoms with Crippen LogP contribution in [0.5, 0.6) is 5.75 Å². The first-order chi connectivity index (χ1) is 15.6. The van der Waals surface area contributed by atoms with Crippen LogP contribution in [-0.2, 0) is 6.54 Å². The highest BCUT2D eigenvalue weighted by Gasteiger charge is 2.17. The molecule has 0 saturated carbocycles. The lowest BCUT2D eigenvalue weighted by atomic mass is 10.1. The molecule has 2 N–H and O–H groups in total. The number of nitrogens with one attached hydrogen (secondary N) is 1. The van der Waals surface area contributed by atoms with Crippen molar-refractivity contribution in [3.8, 4) is 17.0 Å². The van der Waals surface area contributed by atoms with Gasteiger partial charge in [-0.2, -0.15) is 0 Å². The summed E-state index contributed by atoms with van der Waals surface area (Å²) in [6, 6.07) is 21.8. The largest absolute Gasteiger partial charge is 0.508 e. The van der Waals surface area contributed by atoms with Crippen molar-refractivity contribution < 1.29 is 13.9 Å². The van der Waals surface area contributed by atoms with E-state index >= 15 is 0 Å². The molecule has 5 rings (SSSR count). The van der Waals surface area contributed by atoms with E-state index in [9.17, 15) is 13.9 Å². The molecule has 5 aromatic rings. The minimum atomic E-state index is -0.635. The number of anilines is 2. The van der Waals surface area contributed by atoms with Crippen LogP contribution in [0.25, 0.3) is 22.3 Å². The molecule has 0 aliphatic heterocycles. The first kappa shape index (κ1) is 19.7. The predicted molar refractivity (Wildman–Crippen MR) is 120 cm³/mol. The van der Waals surface area contributed by atoms with Gasteiger partial charge >= 0.3 is 0 Å². The summed E-state index contributed by atoms with van der Waals surface area (Å²) in [6.07, 6.45) is 1.46. The fourth-order valence-corrected chi connectivity index (χ4v) is 3.74. The summed E-state index contributed by atoms with van der Waals surface area (Å²) >= 11 is 0. The third-order valence-electron chi connectivity index (χ3n) is 5.15. The Balaban J connectivity index is 1.67. The minimum Gasteiger partial charge on any atom is -0.508 e. The molecule has 0 aliphatic carbocycles. The summed E-state index contributed by atoms with van der Waals surface area (Å²) in [4.78, 5) is 8.87. The number of nitrogens with zero attached hydrogens (tertiary/aromatic N) is 3. The van der Waals surface area contributed by atoms with Gasteiger partial charge in [-0.1, -0.05) is 18.2 Å². The lowest BCUT2D eigenvalue weighted by Crippen LogP contribution is -2.04. The van der Waals surface area contributed by atoms with Crippen LogP contribution in [0.15, 0.2) is 85.2 Å². The Kier molecular flexibility index (Phi) is 4.99. The van der Waals surface area contributed by atoms with Crippen molar-refractivity contribution in [2.45, 2.75) is 6.54 Å². The Labute approximate surface area is 182 Å². The highest BCUT2D eigenvalue weighted by Crippen LogP contribution is 2.33. The maximum Gasteiger partial charge on any atom is 0.146 e. The summed E-state index contributed by atoms with van der Waals surface area (Å²) < 4.78 is 29.5. The van der Waals surface area contributed by atoms with Gasteiger partial charge in [-0.3, -0.25) is 0 Å². The van der Waals surface area contributed by atoms with E-state index in [1.807, 2.05) is 41.0 Å². The van der Waals surface area contributed by atoms with Crippen molar-refractivity contribution in [2.24, 2.45) is 0 Å². The maximum atomic E-state index is 13.8. The minimum absolute atomic E-state index is 0.148. The molecular formula is C25H18F2N4O. The highest BCUT2D eigenvalue weighted by atomic mass is 19.1. The molecule has 0 unspecified atom stereocenters. The number of rotatable bonds is 5. The summed E-state index contributed by atoms with van der Waals surface area (Å²) in [6.45, 7) is 0.205. The number of hydrogen-bond acceptors (Lipinski definition) is 4. The van der Waals surface area contributed by atoms with Gasteiger partial charge in [-0.05, 0) is 65.7 Å². The van der Waals surface area contributed by atoms with Gasteiger partial charge in [0.25, 0.3) is 0 Å². The molecule has 2 aromatic heterocycles. The van der Waals surface area contributed by atoms with E-state index in [2.05, 4.69) is 15.3 Å². The molecule has 0 radical (unpaired) electrons. The number of hydrogen-bond donors (Lipinski definition) is 2. The van der Waals surface area contributed by atoms with Gasteiger partial charge in [0.05, 0.1) is 11.1 Å². The van der Waals surface area contributed by atoms with Crippen LogP contribution in [-0.4, -0.2) is 19.6 Å². The molecule has 0 amide bonds. The first-order valence-corrected chi connectivity index (χ1v) is 9.97. The van der Waals surface area contributed by atoms with Crippen LogP contribution in [0.2, 0.25) is 0 Å². The highest BCUT2D eigenvalue weighted by molar-refractivity contribution is 5.93. The van der Waals surface area contributed by atoms with Gasteiger partial charge < -0.3 is 15.0 Å². The molecule has 32 heavy (non-hydrogen) atoms. The van der Waals surface area contributed by atoms with Crippen LogP contribution in [0, 0.1) is 11.6 Å². The third kappa shape index (κ3) is 3.88. The Morgan fingerprint density at radius 3 is 2.28 bits per heavy atom. The molecule has 7 heteroatoms. The topological polar surface area (TPSA) is 63.0 Å². The number of phenols is 1. The third-order valence-corrected chi connectivity index (χ3v) is 5.15. The van der Waals surface area contributed by atoms with Gasteiger partial charge in [0, 0.05) is 18.3 Å². The lowest BCUT2D eigenvalue weighted by molar-refractivity contribution is 0.475. The van der Waals surface area contributed by atoms with Gasteiger partial charge in [0.2, 0.25) is 0 Å². The SMILES string of the molecule is Oc1ccc(-c2cc3c(Nc4ccccc4)ncnc3n2Cc2cc(F)cc(F)c2)cc1. The summed E-state index contributed by atoms with van der Waals surface area (Å²) in [5, 5.41) is 13.8. The molecule has 0 spiro atoms. The van der Waals surface area contributed by atoms with Crippen molar-refractivity contribution in [3.63, 3.8) is 0 Å². The van der Waals surface area contributed by atoms with E-state index < -0.39 is 11.6 Å². The van der Waals surface area contributed by atoms with Crippen molar-refractivity contribution in [3.05, 3.63) is 102 Å². The number of phenolic OH excluding ortho intramolecular Hbond substituents is 1. The van der Waals surface area contributed by atoms with Crippen molar-refractivity contribution in [2.75, 3.05) is 5.32 Å². The smallest absolute Gasteiger partial charge is 0.146 e. The Hall–Kier alpha value is -4.26. The summed E-state index contributed by atoms with van der Waals surface area (Å²) in [5.74, 6) is -0.507. The van der Waals surface area contributed by atoms with Crippen molar-refractivity contribution in [1.29, 1.82) is 0 Å². The first-order valence-electron chi connectivity index (χ1n) is 9.97. The molecule has 5 nitrogen and oxygen atoms in total. The zero-order valence-corrected chi connectivity index (χ0v) is 16.8. The molecule has 158 valence electrons. The second-order valence-corrected chi connectivity index (χ2v) is 7.39. The standard InChI is InChI=1S/C25H18F2N4O/c26-18-10-16(11-19(27)12-18)14-31-23(17-6-8-21(32)9-7-17)13-22-24(28-15-29-25(22)31)30-20-4-2-1-3-5-20/h1-13,15,32H,14H2,(H,28,29,30). The molecule has 2 heterocycles.